The molecular formula is C16H17BrN2O2S. The van der Waals surface area contributed by atoms with Crippen molar-refractivity contribution in [3.8, 4) is 0 Å². The predicted octanol–water partition coefficient (Wildman–Crippen LogP) is 2.05. The van der Waals surface area contributed by atoms with Gasteiger partial charge in [0.1, 0.15) is 0 Å². The standard InChI is InChI=1S/C16H17BrN2O2S/c17-12-8-6-11(7-9-12)14-15(16(14,19)10-18)22(20,21)13-4-2-1-3-5-13/h1-9,14-15H,10,18-19H2. The Morgan fingerprint density at radius 3 is 2.18 bits per heavy atom. The van der Waals surface area contributed by atoms with Gasteiger partial charge in [-0.1, -0.05) is 46.3 Å². The van der Waals surface area contributed by atoms with Crippen LogP contribution in [0, 0.1) is 0 Å². The van der Waals surface area contributed by atoms with Gasteiger partial charge in [-0.05, 0) is 29.8 Å². The van der Waals surface area contributed by atoms with E-state index < -0.39 is 20.6 Å². The number of hydrogen-bond donors (Lipinski definition) is 2. The van der Waals surface area contributed by atoms with Crippen LogP contribution in [0.2, 0.25) is 0 Å². The zero-order valence-corrected chi connectivity index (χ0v) is 14.2. The lowest BCUT2D eigenvalue weighted by Gasteiger charge is -2.08. The summed E-state index contributed by atoms with van der Waals surface area (Å²) in [5.41, 5.74) is 12.1. The Labute approximate surface area is 138 Å². The maximum absolute atomic E-state index is 12.9. The van der Waals surface area contributed by atoms with E-state index in [1.54, 1.807) is 30.3 Å². The van der Waals surface area contributed by atoms with E-state index >= 15 is 0 Å². The zero-order chi connectivity index (χ0) is 16.0. The average Bonchev–Trinajstić information content (AvgIpc) is 3.17. The SMILES string of the molecule is NCC1(N)C(c2ccc(Br)cc2)C1S(=O)(=O)c1ccccc1. The van der Waals surface area contributed by atoms with Crippen LogP contribution in [0.4, 0.5) is 0 Å². The molecule has 22 heavy (non-hydrogen) atoms. The summed E-state index contributed by atoms with van der Waals surface area (Å²) in [5, 5.41) is -0.687. The molecule has 1 fully saturated rings. The number of nitrogens with two attached hydrogens (primary N) is 2. The van der Waals surface area contributed by atoms with Crippen molar-refractivity contribution in [1.82, 2.24) is 0 Å². The Balaban J connectivity index is 2.02. The Hall–Kier alpha value is -1.21. The molecule has 3 unspecified atom stereocenters. The second kappa shape index (κ2) is 5.45. The molecule has 3 rings (SSSR count). The molecule has 116 valence electrons. The van der Waals surface area contributed by atoms with E-state index in [0.717, 1.165) is 10.0 Å². The van der Waals surface area contributed by atoms with Crippen molar-refractivity contribution >= 4 is 25.8 Å². The van der Waals surface area contributed by atoms with E-state index in [-0.39, 0.29) is 12.5 Å². The van der Waals surface area contributed by atoms with E-state index in [2.05, 4.69) is 15.9 Å². The highest BCUT2D eigenvalue weighted by atomic mass is 79.9. The number of rotatable bonds is 4. The van der Waals surface area contributed by atoms with Gasteiger partial charge >= 0.3 is 0 Å². The van der Waals surface area contributed by atoms with Crippen molar-refractivity contribution in [2.24, 2.45) is 11.5 Å². The Bertz CT molecular complexity index is 778. The summed E-state index contributed by atoms with van der Waals surface area (Å²) < 4.78 is 26.7. The number of halogens is 1. The van der Waals surface area contributed by atoms with Crippen LogP contribution in [0.3, 0.4) is 0 Å². The molecule has 0 saturated heterocycles. The summed E-state index contributed by atoms with van der Waals surface area (Å²) in [7, 11) is -3.51. The molecule has 4 N–H and O–H groups in total. The van der Waals surface area contributed by atoms with Gasteiger partial charge in [0.2, 0.25) is 0 Å². The molecule has 0 aromatic heterocycles. The molecule has 4 nitrogen and oxygen atoms in total. The summed E-state index contributed by atoms with van der Waals surface area (Å²) in [4.78, 5) is 0.294. The van der Waals surface area contributed by atoms with Crippen LogP contribution < -0.4 is 11.5 Å². The van der Waals surface area contributed by atoms with Gasteiger partial charge in [0.05, 0.1) is 15.7 Å². The number of sulfone groups is 1. The predicted molar refractivity (Wildman–Crippen MR) is 90.3 cm³/mol. The fraction of sp³-hybridized carbons (Fsp3) is 0.250. The molecule has 2 aromatic rings. The summed E-state index contributed by atoms with van der Waals surface area (Å²) in [6.45, 7) is 0.129. The third-order valence-electron chi connectivity index (χ3n) is 4.29. The van der Waals surface area contributed by atoms with Crippen molar-refractivity contribution in [3.05, 3.63) is 64.6 Å². The highest BCUT2D eigenvalue weighted by Crippen LogP contribution is 2.55. The van der Waals surface area contributed by atoms with E-state index in [4.69, 9.17) is 11.5 Å². The van der Waals surface area contributed by atoms with E-state index in [1.165, 1.54) is 0 Å². The molecule has 0 bridgehead atoms. The van der Waals surface area contributed by atoms with Gasteiger partial charge in [0.25, 0.3) is 0 Å². The molecule has 3 atom stereocenters. The first-order chi connectivity index (χ1) is 10.4. The lowest BCUT2D eigenvalue weighted by Crippen LogP contribution is -2.39. The quantitative estimate of drug-likeness (QED) is 0.849. The highest BCUT2D eigenvalue weighted by molar-refractivity contribution is 9.10. The monoisotopic (exact) mass is 380 g/mol. The molecule has 2 aromatic carbocycles. The van der Waals surface area contributed by atoms with Crippen LogP contribution >= 0.6 is 15.9 Å². The van der Waals surface area contributed by atoms with Gasteiger partial charge in [-0.3, -0.25) is 0 Å². The van der Waals surface area contributed by atoms with E-state index in [1.807, 2.05) is 24.3 Å². The molecule has 1 aliphatic carbocycles. The largest absolute Gasteiger partial charge is 0.329 e. The molecule has 0 aliphatic heterocycles. The summed E-state index contributed by atoms with van der Waals surface area (Å²) in [6, 6.07) is 16.0. The van der Waals surface area contributed by atoms with Gasteiger partial charge in [-0.15, -0.1) is 0 Å². The average molecular weight is 381 g/mol. The first kappa shape index (κ1) is 15.7. The van der Waals surface area contributed by atoms with Crippen molar-refractivity contribution in [2.45, 2.75) is 21.6 Å². The fourth-order valence-corrected chi connectivity index (χ4v) is 5.65. The molecular weight excluding hydrogens is 364 g/mol. The van der Waals surface area contributed by atoms with Gasteiger partial charge in [-0.2, -0.15) is 0 Å². The van der Waals surface area contributed by atoms with Gasteiger partial charge in [0, 0.05) is 16.9 Å². The minimum atomic E-state index is -3.51. The number of benzene rings is 2. The second-order valence-corrected chi connectivity index (χ2v) is 8.61. The fourth-order valence-electron chi connectivity index (χ4n) is 3.05. The third kappa shape index (κ3) is 2.40. The Morgan fingerprint density at radius 2 is 1.64 bits per heavy atom. The third-order valence-corrected chi connectivity index (χ3v) is 7.13. The molecule has 0 heterocycles. The van der Waals surface area contributed by atoms with Crippen LogP contribution in [0.15, 0.2) is 64.0 Å². The van der Waals surface area contributed by atoms with Crippen LogP contribution in [-0.2, 0) is 9.84 Å². The Morgan fingerprint density at radius 1 is 1.05 bits per heavy atom. The van der Waals surface area contributed by atoms with Crippen LogP contribution in [0.1, 0.15) is 11.5 Å². The Kier molecular flexibility index (Phi) is 3.89. The maximum Gasteiger partial charge on any atom is 0.183 e. The van der Waals surface area contributed by atoms with Crippen molar-refractivity contribution < 1.29 is 8.42 Å². The first-order valence-electron chi connectivity index (χ1n) is 6.94. The van der Waals surface area contributed by atoms with Gasteiger partial charge < -0.3 is 11.5 Å². The molecule has 0 spiro atoms. The van der Waals surface area contributed by atoms with Gasteiger partial charge in [0.15, 0.2) is 9.84 Å². The van der Waals surface area contributed by atoms with Crippen LogP contribution in [-0.4, -0.2) is 25.8 Å². The minimum Gasteiger partial charge on any atom is -0.329 e. The maximum atomic E-state index is 12.9. The topological polar surface area (TPSA) is 86.2 Å². The van der Waals surface area contributed by atoms with Crippen LogP contribution in [0.5, 0.6) is 0 Å². The van der Waals surface area contributed by atoms with Crippen molar-refractivity contribution in [2.75, 3.05) is 6.54 Å². The minimum absolute atomic E-state index is 0.129. The normalized spacial score (nSPS) is 27.6. The summed E-state index contributed by atoms with van der Waals surface area (Å²) >= 11 is 3.38. The second-order valence-electron chi connectivity index (χ2n) is 5.62. The van der Waals surface area contributed by atoms with E-state index in [0.29, 0.717) is 4.90 Å². The summed E-state index contributed by atoms with van der Waals surface area (Å²) in [5.74, 6) is -0.282. The molecule has 1 saturated carbocycles. The molecule has 6 heteroatoms. The number of hydrogen-bond acceptors (Lipinski definition) is 4. The van der Waals surface area contributed by atoms with Crippen LogP contribution in [0.25, 0.3) is 0 Å². The lowest BCUT2D eigenvalue weighted by molar-refractivity contribution is 0.586. The smallest absolute Gasteiger partial charge is 0.183 e. The highest BCUT2D eigenvalue weighted by Gasteiger charge is 2.68. The first-order valence-corrected chi connectivity index (χ1v) is 9.28. The van der Waals surface area contributed by atoms with E-state index in [9.17, 15) is 8.42 Å². The molecule has 1 aliphatic rings. The molecule has 0 amide bonds. The van der Waals surface area contributed by atoms with Crippen molar-refractivity contribution in [1.29, 1.82) is 0 Å². The summed E-state index contributed by atoms with van der Waals surface area (Å²) in [6.07, 6.45) is 0. The lowest BCUT2D eigenvalue weighted by atomic mass is 10.1. The zero-order valence-electron chi connectivity index (χ0n) is 11.8. The van der Waals surface area contributed by atoms with Crippen molar-refractivity contribution in [3.63, 3.8) is 0 Å². The molecule has 0 radical (unpaired) electrons. The van der Waals surface area contributed by atoms with Gasteiger partial charge in [-0.25, -0.2) is 8.42 Å².